The summed E-state index contributed by atoms with van der Waals surface area (Å²) in [6.07, 6.45) is 3.37. The fourth-order valence-electron chi connectivity index (χ4n) is 1.56. The summed E-state index contributed by atoms with van der Waals surface area (Å²) in [5.41, 5.74) is 1.16. The Balaban J connectivity index is 2.22. The molecule has 19 heavy (non-hydrogen) atoms. The van der Waals surface area contributed by atoms with Crippen LogP contribution >= 0.6 is 0 Å². The van der Waals surface area contributed by atoms with Crippen molar-refractivity contribution in [2.45, 2.75) is 6.92 Å². The molecule has 1 amide bonds. The lowest BCUT2D eigenvalue weighted by Crippen LogP contribution is -2.25. The molecule has 0 bridgehead atoms. The maximum atomic E-state index is 11.6. The lowest BCUT2D eigenvalue weighted by atomic mass is 10.2. The lowest BCUT2D eigenvalue weighted by molar-refractivity contribution is -0.152. The molecule has 98 valence electrons. The summed E-state index contributed by atoms with van der Waals surface area (Å²) in [6, 6.07) is 8.82. The molecule has 2 aromatic rings. The van der Waals surface area contributed by atoms with E-state index in [0.29, 0.717) is 11.4 Å². The number of esters is 1. The van der Waals surface area contributed by atoms with Crippen molar-refractivity contribution in [3.63, 3.8) is 0 Å². The van der Waals surface area contributed by atoms with E-state index in [9.17, 15) is 9.59 Å². The van der Waals surface area contributed by atoms with Gasteiger partial charge in [-0.2, -0.15) is 5.10 Å². The number of nitrogens with one attached hydrogen (secondary N) is 1. The molecule has 2 rings (SSSR count). The number of carbonyl (C=O) groups is 2. The van der Waals surface area contributed by atoms with Gasteiger partial charge in [0.25, 0.3) is 0 Å². The van der Waals surface area contributed by atoms with Crippen LogP contribution in [0.5, 0.6) is 0 Å². The summed E-state index contributed by atoms with van der Waals surface area (Å²) in [6.45, 7) is 1.80. The van der Waals surface area contributed by atoms with E-state index < -0.39 is 11.9 Å². The Kier molecular flexibility index (Phi) is 3.92. The second-order valence-corrected chi connectivity index (χ2v) is 3.64. The second kappa shape index (κ2) is 5.81. The molecule has 1 N–H and O–H groups in total. The van der Waals surface area contributed by atoms with Crippen molar-refractivity contribution >= 4 is 17.6 Å². The smallest absolute Gasteiger partial charge is 0.397 e. The zero-order valence-electron chi connectivity index (χ0n) is 10.4. The molecule has 0 radical (unpaired) electrons. The number of para-hydroxylation sites is 2. The van der Waals surface area contributed by atoms with Gasteiger partial charge in [-0.1, -0.05) is 12.1 Å². The quantitative estimate of drug-likeness (QED) is 0.667. The number of hydrogen-bond donors (Lipinski definition) is 1. The first kappa shape index (κ1) is 12.8. The predicted molar refractivity (Wildman–Crippen MR) is 68.8 cm³/mol. The van der Waals surface area contributed by atoms with Crippen LogP contribution in [0.15, 0.2) is 42.7 Å². The number of rotatable bonds is 3. The molecule has 0 saturated heterocycles. The molecule has 0 aliphatic heterocycles. The van der Waals surface area contributed by atoms with Gasteiger partial charge < -0.3 is 10.1 Å². The van der Waals surface area contributed by atoms with Crippen LogP contribution in [0.1, 0.15) is 6.92 Å². The third-order valence-corrected chi connectivity index (χ3v) is 2.36. The summed E-state index contributed by atoms with van der Waals surface area (Å²) in [5.74, 6) is -1.71. The number of hydrogen-bond acceptors (Lipinski definition) is 4. The van der Waals surface area contributed by atoms with E-state index in [-0.39, 0.29) is 6.61 Å². The first-order valence-electron chi connectivity index (χ1n) is 5.79. The molecule has 0 aliphatic rings. The van der Waals surface area contributed by atoms with Crippen molar-refractivity contribution in [2.24, 2.45) is 0 Å². The van der Waals surface area contributed by atoms with Crippen molar-refractivity contribution in [1.82, 2.24) is 9.78 Å². The number of anilines is 1. The van der Waals surface area contributed by atoms with Gasteiger partial charge in [-0.3, -0.25) is 4.79 Å². The molecule has 1 heterocycles. The molecule has 6 heteroatoms. The van der Waals surface area contributed by atoms with Crippen LogP contribution in [0.2, 0.25) is 0 Å². The van der Waals surface area contributed by atoms with Crippen LogP contribution in [-0.2, 0) is 14.3 Å². The van der Waals surface area contributed by atoms with Gasteiger partial charge in [0, 0.05) is 12.4 Å². The summed E-state index contributed by atoms with van der Waals surface area (Å²) < 4.78 is 6.23. The summed E-state index contributed by atoms with van der Waals surface area (Å²) in [7, 11) is 0. The van der Waals surface area contributed by atoms with Gasteiger partial charge in [0.1, 0.15) is 0 Å². The number of nitrogens with zero attached hydrogens (tertiary/aromatic N) is 2. The molecule has 0 aliphatic carbocycles. The van der Waals surface area contributed by atoms with Crippen LogP contribution in [-0.4, -0.2) is 28.3 Å². The monoisotopic (exact) mass is 259 g/mol. The van der Waals surface area contributed by atoms with Gasteiger partial charge >= 0.3 is 11.9 Å². The zero-order valence-corrected chi connectivity index (χ0v) is 10.4. The standard InChI is InChI=1S/C13H13N3O3/c1-2-19-13(18)12(17)15-10-6-3-4-7-11(10)16-9-5-8-14-16/h3-9H,2H2,1H3,(H,15,17). The Bertz CT molecular complexity index is 579. The van der Waals surface area contributed by atoms with Crippen LogP contribution in [0.25, 0.3) is 5.69 Å². The highest BCUT2D eigenvalue weighted by atomic mass is 16.5. The summed E-state index contributed by atoms with van der Waals surface area (Å²) in [5, 5.41) is 6.59. The van der Waals surface area contributed by atoms with Crippen LogP contribution in [0.4, 0.5) is 5.69 Å². The zero-order chi connectivity index (χ0) is 13.7. The van der Waals surface area contributed by atoms with Crippen molar-refractivity contribution in [1.29, 1.82) is 0 Å². The predicted octanol–water partition coefficient (Wildman–Crippen LogP) is 1.37. The molecule has 0 atom stereocenters. The molecule has 0 unspecified atom stereocenters. The number of ether oxygens (including phenoxy) is 1. The minimum atomic E-state index is -0.905. The second-order valence-electron chi connectivity index (χ2n) is 3.64. The first-order valence-corrected chi connectivity index (χ1v) is 5.79. The maximum absolute atomic E-state index is 11.6. The highest BCUT2D eigenvalue weighted by Crippen LogP contribution is 2.18. The number of aromatic nitrogens is 2. The maximum Gasteiger partial charge on any atom is 0.397 e. The van der Waals surface area contributed by atoms with Crippen molar-refractivity contribution < 1.29 is 14.3 Å². The molecular weight excluding hydrogens is 246 g/mol. The average Bonchev–Trinajstić information content (AvgIpc) is 2.93. The van der Waals surface area contributed by atoms with E-state index >= 15 is 0 Å². The Hall–Kier alpha value is -2.63. The van der Waals surface area contributed by atoms with Gasteiger partial charge in [-0.25, -0.2) is 9.48 Å². The molecule has 0 saturated carbocycles. The number of benzene rings is 1. The van der Waals surface area contributed by atoms with E-state index in [0.717, 1.165) is 0 Å². The van der Waals surface area contributed by atoms with Crippen LogP contribution < -0.4 is 5.32 Å². The highest BCUT2D eigenvalue weighted by Gasteiger charge is 2.16. The lowest BCUT2D eigenvalue weighted by Gasteiger charge is -2.10. The minimum absolute atomic E-state index is 0.160. The highest BCUT2D eigenvalue weighted by molar-refractivity contribution is 6.37. The summed E-state index contributed by atoms with van der Waals surface area (Å²) >= 11 is 0. The summed E-state index contributed by atoms with van der Waals surface area (Å²) in [4.78, 5) is 22.9. The fourth-order valence-corrected chi connectivity index (χ4v) is 1.56. The van der Waals surface area contributed by atoms with Gasteiger partial charge in [0.15, 0.2) is 0 Å². The average molecular weight is 259 g/mol. The van der Waals surface area contributed by atoms with Gasteiger partial charge in [0.2, 0.25) is 0 Å². The van der Waals surface area contributed by atoms with E-state index in [1.165, 1.54) is 0 Å². The van der Waals surface area contributed by atoms with Crippen molar-refractivity contribution in [3.05, 3.63) is 42.7 Å². The van der Waals surface area contributed by atoms with Gasteiger partial charge in [-0.15, -0.1) is 0 Å². The van der Waals surface area contributed by atoms with E-state index in [4.69, 9.17) is 0 Å². The number of carbonyl (C=O) groups excluding carboxylic acids is 2. The van der Waals surface area contributed by atoms with E-state index in [1.807, 2.05) is 6.07 Å². The Morgan fingerprint density at radius 3 is 2.79 bits per heavy atom. The largest absolute Gasteiger partial charge is 0.459 e. The molecular formula is C13H13N3O3. The Labute approximate surface area is 110 Å². The third-order valence-electron chi connectivity index (χ3n) is 2.36. The fraction of sp³-hybridized carbons (Fsp3) is 0.154. The van der Waals surface area contributed by atoms with Gasteiger partial charge in [0.05, 0.1) is 18.0 Å². The van der Waals surface area contributed by atoms with Crippen molar-refractivity contribution in [3.8, 4) is 5.69 Å². The van der Waals surface area contributed by atoms with Crippen molar-refractivity contribution in [2.75, 3.05) is 11.9 Å². The normalized spacial score (nSPS) is 9.95. The van der Waals surface area contributed by atoms with E-state index in [1.54, 1.807) is 48.3 Å². The molecule has 1 aromatic carbocycles. The molecule has 0 spiro atoms. The van der Waals surface area contributed by atoms with Gasteiger partial charge in [-0.05, 0) is 25.1 Å². The minimum Gasteiger partial charge on any atom is -0.459 e. The number of amides is 1. The van der Waals surface area contributed by atoms with Crippen LogP contribution in [0.3, 0.4) is 0 Å². The van der Waals surface area contributed by atoms with Crippen LogP contribution in [0, 0.1) is 0 Å². The molecule has 1 aromatic heterocycles. The third kappa shape index (κ3) is 2.98. The Morgan fingerprint density at radius 1 is 1.32 bits per heavy atom. The SMILES string of the molecule is CCOC(=O)C(=O)Nc1ccccc1-n1cccn1. The topological polar surface area (TPSA) is 73.2 Å². The van der Waals surface area contributed by atoms with E-state index in [2.05, 4.69) is 15.2 Å². The Morgan fingerprint density at radius 2 is 2.11 bits per heavy atom. The molecule has 6 nitrogen and oxygen atoms in total. The molecule has 0 fully saturated rings. The first-order chi connectivity index (χ1) is 9.22.